The van der Waals surface area contributed by atoms with E-state index in [4.69, 9.17) is 4.74 Å². The second-order valence-electron chi connectivity index (χ2n) is 6.31. The van der Waals surface area contributed by atoms with Gasteiger partial charge in [-0.3, -0.25) is 9.10 Å². The SMILES string of the molecule is COc1ccccc1N(CC(=O)N/N=C\c1ccccc1F)S(=O)(=O)c1ccccc1. The van der Waals surface area contributed by atoms with E-state index in [1.807, 2.05) is 0 Å². The Morgan fingerprint density at radius 2 is 1.68 bits per heavy atom. The maximum atomic E-state index is 13.7. The molecule has 0 heterocycles. The van der Waals surface area contributed by atoms with E-state index in [-0.39, 0.29) is 21.9 Å². The predicted molar refractivity (Wildman–Crippen MR) is 116 cm³/mol. The molecule has 7 nitrogen and oxygen atoms in total. The number of sulfonamides is 1. The molecule has 0 saturated carbocycles. The molecule has 0 fully saturated rings. The van der Waals surface area contributed by atoms with Crippen molar-refractivity contribution in [3.63, 3.8) is 0 Å². The number of nitrogens with one attached hydrogen (secondary N) is 1. The molecule has 1 amide bonds. The van der Waals surface area contributed by atoms with Crippen LogP contribution in [0.15, 0.2) is 88.9 Å². The summed E-state index contributed by atoms with van der Waals surface area (Å²) in [5, 5.41) is 3.73. The Morgan fingerprint density at radius 1 is 1.03 bits per heavy atom. The molecule has 1 N–H and O–H groups in total. The highest BCUT2D eigenvalue weighted by Crippen LogP contribution is 2.31. The Hall–Kier alpha value is -3.72. The van der Waals surface area contributed by atoms with Crippen LogP contribution in [0.25, 0.3) is 0 Å². The molecular weight excluding hydrogens is 421 g/mol. The number of rotatable bonds is 8. The highest BCUT2D eigenvalue weighted by atomic mass is 32.2. The number of nitrogens with zero attached hydrogens (tertiary/aromatic N) is 2. The molecule has 0 atom stereocenters. The monoisotopic (exact) mass is 441 g/mol. The number of carbonyl (C=O) groups is 1. The largest absolute Gasteiger partial charge is 0.495 e. The average Bonchev–Trinajstić information content (AvgIpc) is 2.79. The number of amides is 1. The van der Waals surface area contributed by atoms with E-state index in [0.717, 1.165) is 10.5 Å². The van der Waals surface area contributed by atoms with Gasteiger partial charge in [-0.25, -0.2) is 18.2 Å². The topological polar surface area (TPSA) is 88.1 Å². The van der Waals surface area contributed by atoms with E-state index in [9.17, 15) is 17.6 Å². The van der Waals surface area contributed by atoms with E-state index >= 15 is 0 Å². The third-order valence-electron chi connectivity index (χ3n) is 4.27. The maximum absolute atomic E-state index is 13.7. The van der Waals surface area contributed by atoms with Gasteiger partial charge in [-0.1, -0.05) is 48.5 Å². The van der Waals surface area contributed by atoms with Crippen LogP contribution in [0.3, 0.4) is 0 Å². The van der Waals surface area contributed by atoms with E-state index < -0.39 is 28.3 Å². The molecular formula is C22H20FN3O4S. The van der Waals surface area contributed by atoms with Crippen molar-refractivity contribution < 1.29 is 22.3 Å². The highest BCUT2D eigenvalue weighted by Gasteiger charge is 2.29. The standard InChI is InChI=1S/C22H20FN3O4S/c1-30-21-14-8-7-13-20(21)26(31(28,29)18-10-3-2-4-11-18)16-22(27)25-24-15-17-9-5-6-12-19(17)23/h2-15H,16H2,1H3,(H,25,27)/b24-15-. The first-order valence-corrected chi connectivity index (χ1v) is 10.6. The number of hydrogen-bond donors (Lipinski definition) is 1. The second kappa shape index (κ2) is 9.86. The van der Waals surface area contributed by atoms with Gasteiger partial charge in [-0.05, 0) is 30.3 Å². The number of para-hydroxylation sites is 2. The van der Waals surface area contributed by atoms with Crippen molar-refractivity contribution in [2.45, 2.75) is 4.90 Å². The van der Waals surface area contributed by atoms with Crippen LogP contribution in [0.2, 0.25) is 0 Å². The van der Waals surface area contributed by atoms with Gasteiger partial charge in [0, 0.05) is 5.56 Å². The number of hydrazone groups is 1. The van der Waals surface area contributed by atoms with Gasteiger partial charge < -0.3 is 4.74 Å². The molecule has 3 aromatic carbocycles. The molecule has 3 aromatic rings. The summed E-state index contributed by atoms with van der Waals surface area (Å²) in [7, 11) is -2.68. The lowest BCUT2D eigenvalue weighted by atomic mass is 10.2. The molecule has 160 valence electrons. The van der Waals surface area contributed by atoms with E-state index in [2.05, 4.69) is 10.5 Å². The first kappa shape index (κ1) is 22.0. The van der Waals surface area contributed by atoms with Crippen LogP contribution in [-0.4, -0.2) is 34.2 Å². The molecule has 0 radical (unpaired) electrons. The number of halogens is 1. The van der Waals surface area contributed by atoms with Crippen LogP contribution < -0.4 is 14.5 Å². The molecule has 0 aliphatic carbocycles. The number of anilines is 1. The number of carbonyl (C=O) groups excluding carboxylic acids is 1. The summed E-state index contributed by atoms with van der Waals surface area (Å²) in [6.07, 6.45) is 1.15. The van der Waals surface area contributed by atoms with Crippen molar-refractivity contribution in [2.75, 3.05) is 18.0 Å². The van der Waals surface area contributed by atoms with Gasteiger partial charge in [0.05, 0.1) is 23.9 Å². The summed E-state index contributed by atoms with van der Waals surface area (Å²) >= 11 is 0. The quantitative estimate of drug-likeness (QED) is 0.430. The van der Waals surface area contributed by atoms with Crippen molar-refractivity contribution in [3.05, 3.63) is 90.2 Å². The third-order valence-corrected chi connectivity index (χ3v) is 6.04. The lowest BCUT2D eigenvalue weighted by molar-refractivity contribution is -0.119. The summed E-state index contributed by atoms with van der Waals surface area (Å²) in [6.45, 7) is -0.563. The normalized spacial score (nSPS) is 11.3. The number of hydrogen-bond acceptors (Lipinski definition) is 5. The van der Waals surface area contributed by atoms with Gasteiger partial charge in [0.2, 0.25) is 0 Å². The Bertz CT molecular complexity index is 1180. The Morgan fingerprint density at radius 3 is 2.39 bits per heavy atom. The van der Waals surface area contributed by atoms with Crippen LogP contribution in [0.5, 0.6) is 5.75 Å². The fraction of sp³-hybridized carbons (Fsp3) is 0.0909. The van der Waals surface area contributed by atoms with Crippen LogP contribution in [0.4, 0.5) is 10.1 Å². The minimum Gasteiger partial charge on any atom is -0.495 e. The Labute approximate surface area is 179 Å². The fourth-order valence-electron chi connectivity index (χ4n) is 2.77. The van der Waals surface area contributed by atoms with Crippen LogP contribution in [-0.2, 0) is 14.8 Å². The van der Waals surface area contributed by atoms with Crippen LogP contribution >= 0.6 is 0 Å². The van der Waals surface area contributed by atoms with Gasteiger partial charge in [-0.2, -0.15) is 5.10 Å². The lowest BCUT2D eigenvalue weighted by Crippen LogP contribution is -2.39. The van der Waals surface area contributed by atoms with Crippen molar-refractivity contribution in [2.24, 2.45) is 5.10 Å². The van der Waals surface area contributed by atoms with Crippen molar-refractivity contribution >= 4 is 27.8 Å². The summed E-state index contributed by atoms with van der Waals surface area (Å²) in [5.41, 5.74) is 2.61. The summed E-state index contributed by atoms with van der Waals surface area (Å²) in [4.78, 5) is 12.5. The molecule has 9 heteroatoms. The Balaban J connectivity index is 1.88. The van der Waals surface area contributed by atoms with Gasteiger partial charge in [0.25, 0.3) is 15.9 Å². The number of ether oxygens (including phenoxy) is 1. The van der Waals surface area contributed by atoms with Gasteiger partial charge in [0.15, 0.2) is 0 Å². The average molecular weight is 441 g/mol. The highest BCUT2D eigenvalue weighted by molar-refractivity contribution is 7.92. The molecule has 0 bridgehead atoms. The molecule has 0 aliphatic rings. The van der Waals surface area contributed by atoms with E-state index in [1.165, 1.54) is 43.5 Å². The summed E-state index contributed by atoms with van der Waals surface area (Å²) < 4.78 is 46.4. The zero-order valence-electron chi connectivity index (χ0n) is 16.6. The Kier molecular flexibility index (Phi) is 6.99. The zero-order valence-corrected chi connectivity index (χ0v) is 17.4. The van der Waals surface area contributed by atoms with Crippen molar-refractivity contribution in [1.29, 1.82) is 0 Å². The van der Waals surface area contributed by atoms with Gasteiger partial charge in [0.1, 0.15) is 18.1 Å². The minimum atomic E-state index is -4.09. The molecule has 0 saturated heterocycles. The van der Waals surface area contributed by atoms with Crippen molar-refractivity contribution in [1.82, 2.24) is 5.43 Å². The first-order chi connectivity index (χ1) is 14.9. The fourth-order valence-corrected chi connectivity index (χ4v) is 4.23. The predicted octanol–water partition coefficient (Wildman–Crippen LogP) is 3.18. The number of benzene rings is 3. The molecule has 3 rings (SSSR count). The third kappa shape index (κ3) is 5.26. The second-order valence-corrected chi connectivity index (χ2v) is 8.17. The summed E-state index contributed by atoms with van der Waals surface area (Å²) in [5.74, 6) is -0.925. The zero-order chi connectivity index (χ0) is 22.3. The number of methoxy groups -OCH3 is 1. The van der Waals surface area contributed by atoms with Crippen molar-refractivity contribution in [3.8, 4) is 5.75 Å². The van der Waals surface area contributed by atoms with Crippen LogP contribution in [0.1, 0.15) is 5.56 Å². The smallest absolute Gasteiger partial charge is 0.264 e. The minimum absolute atomic E-state index is 0.0172. The molecule has 0 aromatic heterocycles. The molecule has 31 heavy (non-hydrogen) atoms. The maximum Gasteiger partial charge on any atom is 0.264 e. The molecule has 0 spiro atoms. The lowest BCUT2D eigenvalue weighted by Gasteiger charge is -2.25. The van der Waals surface area contributed by atoms with Gasteiger partial charge in [-0.15, -0.1) is 0 Å². The van der Waals surface area contributed by atoms with E-state index in [1.54, 1.807) is 42.5 Å². The van der Waals surface area contributed by atoms with E-state index in [0.29, 0.717) is 0 Å². The van der Waals surface area contributed by atoms with Crippen LogP contribution in [0, 0.1) is 5.82 Å². The first-order valence-electron chi connectivity index (χ1n) is 9.20. The van der Waals surface area contributed by atoms with Gasteiger partial charge >= 0.3 is 0 Å². The molecule has 0 aliphatic heterocycles. The molecule has 0 unspecified atom stereocenters. The summed E-state index contributed by atoms with van der Waals surface area (Å²) in [6, 6.07) is 20.1.